The van der Waals surface area contributed by atoms with Gasteiger partial charge in [-0.2, -0.15) is 10.1 Å². The summed E-state index contributed by atoms with van der Waals surface area (Å²) in [5.41, 5.74) is 3.75. The fraction of sp³-hybridized carbons (Fsp3) is 0.615. The van der Waals surface area contributed by atoms with Crippen LogP contribution >= 0.6 is 0 Å². The number of aliphatic hydroxyl groups is 1. The van der Waals surface area contributed by atoms with Gasteiger partial charge in [0.25, 0.3) is 6.02 Å². The Morgan fingerprint density at radius 1 is 1.17 bits per heavy atom. The van der Waals surface area contributed by atoms with Crippen molar-refractivity contribution in [1.82, 2.24) is 24.5 Å². The Hall–Kier alpha value is -2.69. The van der Waals surface area contributed by atoms with Crippen LogP contribution in [0.5, 0.6) is 0 Å². The number of nitrogens with zero attached hydrogens (tertiary/aromatic N) is 6. The second-order valence-corrected chi connectivity index (χ2v) is 10.5. The number of rotatable bonds is 4. The van der Waals surface area contributed by atoms with Crippen LogP contribution in [0.15, 0.2) is 35.2 Å². The van der Waals surface area contributed by atoms with Gasteiger partial charge in [0.1, 0.15) is 24.3 Å². The lowest BCUT2D eigenvalue weighted by atomic mass is 9.85. The number of halogens is 1. The number of piperidine rings is 1. The fourth-order valence-electron chi connectivity index (χ4n) is 5.99. The topological polar surface area (TPSA) is 78.6 Å². The number of aryl methyl sites for hydroxylation is 1. The number of benzene rings is 1. The van der Waals surface area contributed by atoms with Crippen molar-refractivity contribution in [3.05, 3.63) is 41.4 Å². The first kappa shape index (κ1) is 23.7. The smallest absolute Gasteiger partial charge is 0.295 e. The van der Waals surface area contributed by atoms with Gasteiger partial charge in [0, 0.05) is 25.1 Å². The van der Waals surface area contributed by atoms with Gasteiger partial charge in [-0.15, -0.1) is 0 Å². The van der Waals surface area contributed by atoms with Crippen LogP contribution in [0.3, 0.4) is 0 Å². The van der Waals surface area contributed by atoms with Crippen molar-refractivity contribution in [2.45, 2.75) is 50.2 Å². The summed E-state index contributed by atoms with van der Waals surface area (Å²) in [5.74, 6) is 1.12. The SMILES string of the molecule is COC1=NC(N2CC(O)C(F)C2)=CC(n2ncc3cc(C)c(C4CCN(C5COC5)CC4)cc32)N1C. The summed E-state index contributed by atoms with van der Waals surface area (Å²) in [5, 5.41) is 15.8. The van der Waals surface area contributed by atoms with Gasteiger partial charge in [-0.05, 0) is 62.0 Å². The molecule has 0 spiro atoms. The first-order valence-electron chi connectivity index (χ1n) is 12.9. The molecule has 2 aromatic rings. The van der Waals surface area contributed by atoms with Crippen LogP contribution in [0.4, 0.5) is 4.39 Å². The summed E-state index contributed by atoms with van der Waals surface area (Å²) in [7, 11) is 3.50. The average Bonchev–Trinajstić information content (AvgIpc) is 3.40. The van der Waals surface area contributed by atoms with E-state index in [9.17, 15) is 9.50 Å². The van der Waals surface area contributed by atoms with Gasteiger partial charge in [-0.3, -0.25) is 4.90 Å². The Kier molecular flexibility index (Phi) is 6.13. The number of hydrogen-bond donors (Lipinski definition) is 1. The van der Waals surface area contributed by atoms with E-state index in [1.54, 1.807) is 12.0 Å². The minimum atomic E-state index is -1.29. The lowest BCUT2D eigenvalue weighted by Gasteiger charge is -2.41. The zero-order valence-corrected chi connectivity index (χ0v) is 21.2. The van der Waals surface area contributed by atoms with E-state index >= 15 is 0 Å². The lowest BCUT2D eigenvalue weighted by molar-refractivity contribution is -0.0712. The Morgan fingerprint density at radius 3 is 2.58 bits per heavy atom. The van der Waals surface area contributed by atoms with Crippen LogP contribution in [-0.4, -0.2) is 107 Å². The van der Waals surface area contributed by atoms with Crippen LogP contribution in [0, 0.1) is 6.92 Å². The van der Waals surface area contributed by atoms with E-state index in [0.717, 1.165) is 50.0 Å². The molecule has 10 heteroatoms. The minimum absolute atomic E-state index is 0.110. The van der Waals surface area contributed by atoms with Gasteiger partial charge in [0.15, 0.2) is 0 Å². The second-order valence-electron chi connectivity index (χ2n) is 10.5. The maximum atomic E-state index is 14.1. The van der Waals surface area contributed by atoms with Crippen LogP contribution in [0.1, 0.15) is 36.1 Å². The first-order chi connectivity index (χ1) is 17.4. The number of aliphatic hydroxyl groups excluding tert-OH is 1. The molecule has 0 radical (unpaired) electrons. The third-order valence-corrected chi connectivity index (χ3v) is 8.27. The Balaban J connectivity index is 1.31. The molecule has 1 aromatic carbocycles. The van der Waals surface area contributed by atoms with Gasteiger partial charge < -0.3 is 24.4 Å². The van der Waals surface area contributed by atoms with Gasteiger partial charge in [-0.25, -0.2) is 9.07 Å². The molecule has 0 amide bonds. The Bertz CT molecular complexity index is 1180. The average molecular weight is 499 g/mol. The molecule has 194 valence electrons. The largest absolute Gasteiger partial charge is 0.468 e. The van der Waals surface area contributed by atoms with Crippen LogP contribution in [0.25, 0.3) is 10.9 Å². The van der Waals surface area contributed by atoms with Gasteiger partial charge in [0.2, 0.25) is 0 Å². The number of aliphatic imine (C=N–C) groups is 1. The van der Waals surface area contributed by atoms with E-state index in [1.807, 2.05) is 28.9 Å². The van der Waals surface area contributed by atoms with E-state index in [0.29, 0.717) is 23.8 Å². The summed E-state index contributed by atoms with van der Waals surface area (Å²) in [6.45, 7) is 6.47. The molecule has 36 heavy (non-hydrogen) atoms. The van der Waals surface area contributed by atoms with Gasteiger partial charge >= 0.3 is 0 Å². The molecule has 6 rings (SSSR count). The number of likely N-dealkylation sites (tertiary alicyclic amines) is 2. The van der Waals surface area contributed by atoms with E-state index in [1.165, 1.54) is 11.1 Å². The van der Waals surface area contributed by atoms with Crippen LogP contribution < -0.4 is 0 Å². The highest BCUT2D eigenvalue weighted by Gasteiger charge is 2.36. The zero-order valence-electron chi connectivity index (χ0n) is 21.2. The summed E-state index contributed by atoms with van der Waals surface area (Å²) in [4.78, 5) is 10.9. The summed E-state index contributed by atoms with van der Waals surface area (Å²) < 4.78 is 27.0. The number of ether oxygens (including phenoxy) is 2. The number of fused-ring (bicyclic) bond motifs is 1. The van der Waals surface area contributed by atoms with E-state index in [2.05, 4.69) is 28.9 Å². The molecule has 1 N–H and O–H groups in total. The molecule has 0 bridgehead atoms. The molecule has 3 unspecified atom stereocenters. The van der Waals surface area contributed by atoms with E-state index < -0.39 is 12.3 Å². The van der Waals surface area contributed by atoms with Crippen molar-refractivity contribution in [3.8, 4) is 0 Å². The minimum Gasteiger partial charge on any atom is -0.468 e. The molecule has 1 aromatic heterocycles. The molecule has 3 saturated heterocycles. The molecule has 3 atom stereocenters. The third kappa shape index (κ3) is 4.05. The molecule has 9 nitrogen and oxygen atoms in total. The summed E-state index contributed by atoms with van der Waals surface area (Å²) in [6, 6.07) is 5.57. The van der Waals surface area contributed by atoms with Gasteiger partial charge in [0.05, 0.1) is 44.6 Å². The normalized spacial score (nSPS) is 28.4. The monoisotopic (exact) mass is 498 g/mol. The Morgan fingerprint density at radius 2 is 1.94 bits per heavy atom. The quantitative estimate of drug-likeness (QED) is 0.693. The molecule has 4 aliphatic rings. The van der Waals surface area contributed by atoms with Crippen LogP contribution in [-0.2, 0) is 9.47 Å². The van der Waals surface area contributed by atoms with Crippen molar-refractivity contribution in [2.24, 2.45) is 4.99 Å². The second kappa shape index (κ2) is 9.32. The predicted octanol–water partition coefficient (Wildman–Crippen LogP) is 2.23. The number of likely N-dealkylation sites (N-methyl/N-ethyl adjacent to an activating group) is 1. The third-order valence-electron chi connectivity index (χ3n) is 8.27. The van der Waals surface area contributed by atoms with Crippen molar-refractivity contribution in [1.29, 1.82) is 0 Å². The van der Waals surface area contributed by atoms with E-state index in [4.69, 9.17) is 14.6 Å². The number of methoxy groups -OCH3 is 1. The maximum absolute atomic E-state index is 14.1. The molecule has 0 saturated carbocycles. The van der Waals surface area contributed by atoms with Crippen molar-refractivity contribution >= 4 is 16.9 Å². The number of hydrogen-bond acceptors (Lipinski definition) is 8. The predicted molar refractivity (Wildman–Crippen MR) is 134 cm³/mol. The summed E-state index contributed by atoms with van der Waals surface area (Å²) >= 11 is 0. The lowest BCUT2D eigenvalue weighted by Crippen LogP contribution is -2.51. The number of alkyl halides is 1. The maximum Gasteiger partial charge on any atom is 0.295 e. The van der Waals surface area contributed by atoms with E-state index in [-0.39, 0.29) is 19.3 Å². The molecular formula is C26H35FN6O3. The van der Waals surface area contributed by atoms with Gasteiger partial charge in [-0.1, -0.05) is 0 Å². The number of aromatic nitrogens is 2. The number of β-amino-alcohol motifs (C(OH)–C–C–N with tert-alkyl or cyclic N) is 1. The molecule has 0 aliphatic carbocycles. The van der Waals surface area contributed by atoms with Crippen molar-refractivity contribution < 1.29 is 19.0 Å². The molecular weight excluding hydrogens is 463 g/mol. The summed E-state index contributed by atoms with van der Waals surface area (Å²) in [6.07, 6.45) is 3.57. The number of amidine groups is 1. The van der Waals surface area contributed by atoms with Crippen molar-refractivity contribution in [3.63, 3.8) is 0 Å². The Labute approximate surface area is 210 Å². The van der Waals surface area contributed by atoms with Crippen LogP contribution in [0.2, 0.25) is 0 Å². The molecule has 4 aliphatic heterocycles. The highest BCUT2D eigenvalue weighted by atomic mass is 19.1. The van der Waals surface area contributed by atoms with Crippen molar-refractivity contribution in [2.75, 3.05) is 53.6 Å². The first-order valence-corrected chi connectivity index (χ1v) is 12.9. The highest BCUT2D eigenvalue weighted by Crippen LogP contribution is 2.36. The standard InChI is InChI=1S/C26H35FN6O3/c1-16-8-18-11-28-33(22(18)9-20(16)17-4-6-31(7-5-17)19-14-36-15-19)25-10-24(29-26(35-3)30(25)2)32-12-21(27)23(34)13-32/h8-11,17,19,21,23,25,34H,4-7,12-15H2,1-3H3. The highest BCUT2D eigenvalue weighted by molar-refractivity contribution is 5.82. The molecule has 3 fully saturated rings. The zero-order chi connectivity index (χ0) is 25.0. The fourth-order valence-corrected chi connectivity index (χ4v) is 5.99. The molecule has 5 heterocycles.